The minimum absolute atomic E-state index is 0.0571. The maximum Gasteiger partial charge on any atom is 0.270 e. The summed E-state index contributed by atoms with van der Waals surface area (Å²) < 4.78 is 2.14. The fourth-order valence-electron chi connectivity index (χ4n) is 4.74. The van der Waals surface area contributed by atoms with Crippen molar-refractivity contribution >= 4 is 46.6 Å². The third-order valence-corrected chi connectivity index (χ3v) is 7.21. The van der Waals surface area contributed by atoms with Crippen molar-refractivity contribution in [3.05, 3.63) is 82.2 Å². The third-order valence-electron chi connectivity index (χ3n) is 6.93. The van der Waals surface area contributed by atoms with Crippen LogP contribution >= 0.6 is 12.2 Å². The van der Waals surface area contributed by atoms with E-state index in [1.807, 2.05) is 52.0 Å². The van der Waals surface area contributed by atoms with E-state index in [2.05, 4.69) is 52.9 Å². The Bertz CT molecular complexity index is 1380. The second-order valence-corrected chi connectivity index (χ2v) is 9.41. The third kappa shape index (κ3) is 4.46. The number of thiocarbonyl (C=S) groups is 1. The lowest BCUT2D eigenvalue weighted by Gasteiger charge is -2.30. The molecule has 2 aromatic carbocycles. The van der Waals surface area contributed by atoms with E-state index in [9.17, 15) is 9.59 Å². The van der Waals surface area contributed by atoms with Crippen LogP contribution in [0.4, 0.5) is 11.4 Å². The minimum Gasteiger partial charge on any atom is -0.372 e. The number of carbonyl (C=O) groups excluding carboxylic acids is 2. The number of aromatic nitrogens is 1. The molecular formula is C29H32N4O2S. The maximum atomic E-state index is 13.5. The zero-order valence-electron chi connectivity index (χ0n) is 21.7. The second-order valence-electron chi connectivity index (χ2n) is 9.03. The molecule has 4 rings (SSSR count). The van der Waals surface area contributed by atoms with Gasteiger partial charge in [-0.3, -0.25) is 19.8 Å². The molecule has 0 radical (unpaired) electrons. The molecule has 1 fully saturated rings. The number of hydrogen-bond acceptors (Lipinski definition) is 4. The molecule has 0 saturated carbocycles. The van der Waals surface area contributed by atoms with Crippen LogP contribution in [-0.2, 0) is 9.59 Å². The first-order valence-corrected chi connectivity index (χ1v) is 12.6. The SMILES string of the molecule is CCN(CC)c1ccc(-n2c(C)cc(/C=C3\C(=O)NC(=S)N(c4cccc(C)c4C)C3=O)c2C)cc1. The molecule has 186 valence electrons. The highest BCUT2D eigenvalue weighted by atomic mass is 32.1. The molecule has 1 N–H and O–H groups in total. The Morgan fingerprint density at radius 1 is 0.972 bits per heavy atom. The highest BCUT2D eigenvalue weighted by molar-refractivity contribution is 7.80. The standard InChI is InChI=1S/C29H32N4O2S/c1-7-31(8-2)23-12-14-24(15-13-23)32-19(4)16-22(21(32)6)17-25-27(34)30-29(36)33(28(25)35)26-11-9-10-18(3)20(26)5/h9-17H,7-8H2,1-6H3,(H,30,34,36)/b25-17+. The van der Waals surface area contributed by atoms with Gasteiger partial charge in [0, 0.05) is 35.9 Å². The van der Waals surface area contributed by atoms with Crippen LogP contribution in [-0.4, -0.2) is 34.6 Å². The molecule has 1 saturated heterocycles. The molecule has 3 aromatic rings. The Kier molecular flexibility index (Phi) is 7.13. The summed E-state index contributed by atoms with van der Waals surface area (Å²) in [6, 6.07) is 16.2. The van der Waals surface area contributed by atoms with Gasteiger partial charge in [-0.05, 0) is 113 Å². The van der Waals surface area contributed by atoms with Crippen molar-refractivity contribution in [1.29, 1.82) is 0 Å². The van der Waals surface area contributed by atoms with Gasteiger partial charge in [0.15, 0.2) is 5.11 Å². The summed E-state index contributed by atoms with van der Waals surface area (Å²) in [5.41, 5.74) is 7.70. The predicted octanol–water partition coefficient (Wildman–Crippen LogP) is 5.39. The van der Waals surface area contributed by atoms with Crippen molar-refractivity contribution in [2.24, 2.45) is 0 Å². The first-order chi connectivity index (χ1) is 17.2. The first kappa shape index (κ1) is 25.4. The lowest BCUT2D eigenvalue weighted by Crippen LogP contribution is -2.54. The quantitative estimate of drug-likeness (QED) is 0.280. The fourth-order valence-corrected chi connectivity index (χ4v) is 5.02. The van der Waals surface area contributed by atoms with E-state index in [4.69, 9.17) is 12.2 Å². The zero-order chi connectivity index (χ0) is 26.1. The summed E-state index contributed by atoms with van der Waals surface area (Å²) in [4.78, 5) is 30.1. The van der Waals surface area contributed by atoms with Gasteiger partial charge >= 0.3 is 0 Å². The van der Waals surface area contributed by atoms with Crippen LogP contribution in [0.1, 0.15) is 41.9 Å². The predicted molar refractivity (Wildman–Crippen MR) is 151 cm³/mol. The molecule has 1 aliphatic rings. The van der Waals surface area contributed by atoms with Crippen molar-refractivity contribution in [2.75, 3.05) is 22.9 Å². The smallest absolute Gasteiger partial charge is 0.270 e. The topological polar surface area (TPSA) is 57.6 Å². The Hall–Kier alpha value is -3.71. The summed E-state index contributed by atoms with van der Waals surface area (Å²) in [6.45, 7) is 14.1. The lowest BCUT2D eigenvalue weighted by atomic mass is 10.0. The monoisotopic (exact) mass is 500 g/mol. The number of rotatable bonds is 6. The highest BCUT2D eigenvalue weighted by Crippen LogP contribution is 2.29. The number of hydrogen-bond donors (Lipinski definition) is 1. The van der Waals surface area contributed by atoms with Crippen LogP contribution < -0.4 is 15.1 Å². The molecule has 7 heteroatoms. The van der Waals surface area contributed by atoms with E-state index in [0.29, 0.717) is 5.69 Å². The van der Waals surface area contributed by atoms with E-state index in [1.165, 1.54) is 10.6 Å². The molecule has 6 nitrogen and oxygen atoms in total. The lowest BCUT2D eigenvalue weighted by molar-refractivity contribution is -0.122. The van der Waals surface area contributed by atoms with E-state index < -0.39 is 11.8 Å². The molecule has 0 unspecified atom stereocenters. The van der Waals surface area contributed by atoms with Crippen molar-refractivity contribution in [3.8, 4) is 5.69 Å². The maximum absolute atomic E-state index is 13.5. The first-order valence-electron chi connectivity index (χ1n) is 12.2. The van der Waals surface area contributed by atoms with Crippen molar-refractivity contribution in [3.63, 3.8) is 0 Å². The zero-order valence-corrected chi connectivity index (χ0v) is 22.5. The molecule has 0 bridgehead atoms. The largest absolute Gasteiger partial charge is 0.372 e. The van der Waals surface area contributed by atoms with Gasteiger partial charge in [0.25, 0.3) is 11.8 Å². The number of nitrogens with one attached hydrogen (secondary N) is 1. The van der Waals surface area contributed by atoms with E-state index in [0.717, 1.165) is 46.9 Å². The van der Waals surface area contributed by atoms with Crippen LogP contribution in [0.5, 0.6) is 0 Å². The van der Waals surface area contributed by atoms with Gasteiger partial charge in [-0.25, -0.2) is 0 Å². The molecule has 2 heterocycles. The van der Waals surface area contributed by atoms with E-state index in [-0.39, 0.29) is 10.7 Å². The van der Waals surface area contributed by atoms with Gasteiger partial charge in [0.2, 0.25) is 0 Å². The van der Waals surface area contributed by atoms with Crippen molar-refractivity contribution in [2.45, 2.75) is 41.5 Å². The Balaban J connectivity index is 1.72. The van der Waals surface area contributed by atoms with Gasteiger partial charge in [-0.2, -0.15) is 0 Å². The van der Waals surface area contributed by atoms with Gasteiger partial charge < -0.3 is 9.47 Å². The van der Waals surface area contributed by atoms with E-state index in [1.54, 1.807) is 6.08 Å². The fraction of sp³-hybridized carbons (Fsp3) is 0.276. The Labute approximate surface area is 218 Å². The van der Waals surface area contributed by atoms with E-state index >= 15 is 0 Å². The van der Waals surface area contributed by atoms with Gasteiger partial charge in [0.1, 0.15) is 5.57 Å². The van der Waals surface area contributed by atoms with Crippen molar-refractivity contribution in [1.82, 2.24) is 9.88 Å². The Morgan fingerprint density at radius 2 is 1.64 bits per heavy atom. The summed E-state index contributed by atoms with van der Waals surface area (Å²) >= 11 is 5.38. The molecule has 0 aliphatic carbocycles. The minimum atomic E-state index is -0.486. The average Bonchev–Trinajstić information content (AvgIpc) is 3.13. The molecule has 36 heavy (non-hydrogen) atoms. The van der Waals surface area contributed by atoms with Crippen molar-refractivity contribution < 1.29 is 9.59 Å². The number of nitrogens with zero attached hydrogens (tertiary/aromatic N) is 3. The molecular weight excluding hydrogens is 468 g/mol. The summed E-state index contributed by atoms with van der Waals surface area (Å²) in [5, 5.41) is 2.79. The highest BCUT2D eigenvalue weighted by Gasteiger charge is 2.35. The molecule has 0 atom stereocenters. The molecule has 0 spiro atoms. The summed E-state index contributed by atoms with van der Waals surface area (Å²) in [6.07, 6.45) is 1.67. The summed E-state index contributed by atoms with van der Waals surface area (Å²) in [5.74, 6) is -0.911. The van der Waals surface area contributed by atoms with Crippen LogP contribution in [0.15, 0.2) is 54.1 Å². The van der Waals surface area contributed by atoms with Gasteiger partial charge in [-0.1, -0.05) is 12.1 Å². The average molecular weight is 501 g/mol. The van der Waals surface area contributed by atoms with Crippen LogP contribution in [0.3, 0.4) is 0 Å². The van der Waals surface area contributed by atoms with Gasteiger partial charge in [-0.15, -0.1) is 0 Å². The molecule has 1 aromatic heterocycles. The molecule has 1 aliphatic heterocycles. The number of aryl methyl sites for hydroxylation is 2. The van der Waals surface area contributed by atoms with Crippen LogP contribution in [0.25, 0.3) is 11.8 Å². The van der Waals surface area contributed by atoms with Gasteiger partial charge in [0.05, 0.1) is 5.69 Å². The second kappa shape index (κ2) is 10.1. The summed E-state index contributed by atoms with van der Waals surface area (Å²) in [7, 11) is 0. The Morgan fingerprint density at radius 3 is 2.28 bits per heavy atom. The normalized spacial score (nSPS) is 15.0. The van der Waals surface area contributed by atoms with Crippen LogP contribution in [0, 0.1) is 27.7 Å². The number of anilines is 2. The molecule has 2 amide bonds. The number of benzene rings is 2. The number of carbonyl (C=O) groups is 2. The van der Waals surface area contributed by atoms with Crippen LogP contribution in [0.2, 0.25) is 0 Å². The number of amides is 2.